The minimum Gasteiger partial charge on any atom is -0.331 e. The molecule has 3 amide bonds. The molecule has 5 nitrogen and oxygen atoms in total. The lowest BCUT2D eigenvalue weighted by Crippen LogP contribution is -2.49. The molecule has 1 atom stereocenters. The maximum atomic E-state index is 13.5. The number of hydrogen-bond acceptors (Lipinski definition) is 3. The topological polar surface area (TPSA) is 43.9 Å². The van der Waals surface area contributed by atoms with Gasteiger partial charge in [0.05, 0.1) is 6.04 Å². The van der Waals surface area contributed by atoms with Gasteiger partial charge in [0.1, 0.15) is 6.54 Å². The standard InChI is InChI=1S/C24H33N3O2S/c1-17(2)10-13-26(24(29)25(4)5)16-22(28)27-14-11-21-20(12-15-30-21)23(27)19-9-7-6-8-18(19)3/h6-9,12,15,17,23H,10-11,13-14,16H2,1-5H3/t23-/m1/s1. The summed E-state index contributed by atoms with van der Waals surface area (Å²) in [6, 6.07) is 10.2. The molecule has 6 heteroatoms. The number of rotatable bonds is 6. The van der Waals surface area contributed by atoms with Crippen molar-refractivity contribution in [1.29, 1.82) is 0 Å². The Hall–Kier alpha value is -2.34. The van der Waals surface area contributed by atoms with Gasteiger partial charge in [0.25, 0.3) is 0 Å². The highest BCUT2D eigenvalue weighted by Crippen LogP contribution is 2.39. The Balaban J connectivity index is 1.89. The van der Waals surface area contributed by atoms with E-state index < -0.39 is 0 Å². The number of thiophene rings is 1. The predicted octanol–water partition coefficient (Wildman–Crippen LogP) is 4.56. The molecule has 0 saturated carbocycles. The molecule has 3 rings (SSSR count). The van der Waals surface area contributed by atoms with Crippen molar-refractivity contribution >= 4 is 23.3 Å². The first-order valence-corrected chi connectivity index (χ1v) is 11.5. The van der Waals surface area contributed by atoms with Crippen LogP contribution in [0.5, 0.6) is 0 Å². The number of amides is 3. The van der Waals surface area contributed by atoms with E-state index in [0.717, 1.165) is 18.4 Å². The molecule has 0 unspecified atom stereocenters. The summed E-state index contributed by atoms with van der Waals surface area (Å²) < 4.78 is 0. The second kappa shape index (κ2) is 9.65. The van der Waals surface area contributed by atoms with Crippen LogP contribution >= 0.6 is 11.3 Å². The monoisotopic (exact) mass is 427 g/mol. The zero-order valence-corrected chi connectivity index (χ0v) is 19.5. The lowest BCUT2D eigenvalue weighted by atomic mass is 9.90. The van der Waals surface area contributed by atoms with E-state index in [-0.39, 0.29) is 24.5 Å². The molecule has 0 bridgehead atoms. The largest absolute Gasteiger partial charge is 0.331 e. The average molecular weight is 428 g/mol. The maximum absolute atomic E-state index is 13.5. The summed E-state index contributed by atoms with van der Waals surface area (Å²) >= 11 is 1.77. The number of fused-ring (bicyclic) bond motifs is 1. The molecule has 0 fully saturated rings. The fourth-order valence-electron chi connectivity index (χ4n) is 4.01. The smallest absolute Gasteiger partial charge is 0.319 e. The SMILES string of the molecule is Cc1ccccc1[C@@H]1c2ccsc2CCN1C(=O)CN(CCC(C)C)C(=O)N(C)C. The van der Waals surface area contributed by atoms with Crippen molar-refractivity contribution in [2.45, 2.75) is 39.7 Å². The number of carbonyl (C=O) groups is 2. The lowest BCUT2D eigenvalue weighted by molar-refractivity contribution is -0.134. The van der Waals surface area contributed by atoms with Crippen LogP contribution in [0.1, 0.15) is 47.9 Å². The van der Waals surface area contributed by atoms with Crippen LogP contribution in [0.25, 0.3) is 0 Å². The first-order chi connectivity index (χ1) is 14.3. The Morgan fingerprint density at radius 1 is 1.17 bits per heavy atom. The highest BCUT2D eigenvalue weighted by molar-refractivity contribution is 7.10. The molecule has 1 aromatic carbocycles. The highest BCUT2D eigenvalue weighted by atomic mass is 32.1. The predicted molar refractivity (Wildman–Crippen MR) is 123 cm³/mol. The van der Waals surface area contributed by atoms with Gasteiger partial charge in [-0.05, 0) is 53.8 Å². The third kappa shape index (κ3) is 4.86. The highest BCUT2D eigenvalue weighted by Gasteiger charge is 2.34. The number of carbonyl (C=O) groups excluding carboxylic acids is 2. The van der Waals surface area contributed by atoms with Gasteiger partial charge < -0.3 is 14.7 Å². The van der Waals surface area contributed by atoms with E-state index in [2.05, 4.69) is 44.4 Å². The Labute approximate surface area is 184 Å². The second-order valence-corrected chi connectivity index (χ2v) is 9.68. The number of hydrogen-bond donors (Lipinski definition) is 0. The van der Waals surface area contributed by atoms with Gasteiger partial charge in [-0.3, -0.25) is 4.79 Å². The second-order valence-electron chi connectivity index (χ2n) is 8.68. The van der Waals surface area contributed by atoms with Gasteiger partial charge in [-0.1, -0.05) is 38.1 Å². The molecule has 0 saturated heterocycles. The number of benzene rings is 1. The van der Waals surface area contributed by atoms with E-state index in [0.29, 0.717) is 19.0 Å². The molecular formula is C24H33N3O2S. The molecule has 0 radical (unpaired) electrons. The maximum Gasteiger partial charge on any atom is 0.319 e. The number of nitrogens with zero attached hydrogens (tertiary/aromatic N) is 3. The van der Waals surface area contributed by atoms with E-state index in [9.17, 15) is 9.59 Å². The Bertz CT molecular complexity index is 890. The molecule has 1 aliphatic heterocycles. The van der Waals surface area contributed by atoms with Crippen LogP contribution in [0, 0.1) is 12.8 Å². The van der Waals surface area contributed by atoms with E-state index >= 15 is 0 Å². The number of aryl methyl sites for hydroxylation is 1. The van der Waals surface area contributed by atoms with Crippen LogP contribution < -0.4 is 0 Å². The fraction of sp³-hybridized carbons (Fsp3) is 0.500. The molecule has 2 aromatic rings. The fourth-order valence-corrected chi connectivity index (χ4v) is 4.91. The Kier molecular flexibility index (Phi) is 7.19. The summed E-state index contributed by atoms with van der Waals surface area (Å²) in [7, 11) is 3.48. The third-order valence-corrected chi connectivity index (χ3v) is 6.72. The summed E-state index contributed by atoms with van der Waals surface area (Å²) in [5.41, 5.74) is 3.57. The zero-order valence-electron chi connectivity index (χ0n) is 18.7. The van der Waals surface area contributed by atoms with Gasteiger partial charge in [-0.2, -0.15) is 0 Å². The van der Waals surface area contributed by atoms with E-state index in [1.807, 2.05) is 17.0 Å². The van der Waals surface area contributed by atoms with Crippen LogP contribution in [0.3, 0.4) is 0 Å². The first kappa shape index (κ1) is 22.3. The lowest BCUT2D eigenvalue weighted by Gasteiger charge is -2.38. The minimum atomic E-state index is -0.107. The molecule has 1 aliphatic rings. The molecule has 0 spiro atoms. The van der Waals surface area contributed by atoms with Crippen LogP contribution in [0.4, 0.5) is 4.79 Å². The summed E-state index contributed by atoms with van der Waals surface area (Å²) in [6.45, 7) is 7.76. The van der Waals surface area contributed by atoms with E-state index in [1.165, 1.54) is 16.0 Å². The van der Waals surface area contributed by atoms with Crippen molar-refractivity contribution in [1.82, 2.24) is 14.7 Å². The van der Waals surface area contributed by atoms with Crippen LogP contribution in [-0.2, 0) is 11.2 Å². The average Bonchev–Trinajstić information content (AvgIpc) is 3.19. The van der Waals surface area contributed by atoms with Gasteiger partial charge in [0.15, 0.2) is 0 Å². The van der Waals surface area contributed by atoms with E-state index in [1.54, 1.807) is 35.2 Å². The summed E-state index contributed by atoms with van der Waals surface area (Å²) in [5, 5.41) is 2.12. The zero-order chi connectivity index (χ0) is 21.8. The molecule has 0 aliphatic carbocycles. The van der Waals surface area contributed by atoms with Gasteiger partial charge in [-0.25, -0.2) is 4.79 Å². The van der Waals surface area contributed by atoms with Crippen molar-refractivity contribution in [3.63, 3.8) is 0 Å². The summed E-state index contributed by atoms with van der Waals surface area (Å²) in [4.78, 5) is 32.8. The third-order valence-electron chi connectivity index (χ3n) is 5.72. The van der Waals surface area contributed by atoms with Crippen molar-refractivity contribution in [3.05, 3.63) is 57.3 Å². The van der Waals surface area contributed by atoms with Gasteiger partial charge in [0, 0.05) is 32.1 Å². The molecule has 162 valence electrons. The van der Waals surface area contributed by atoms with Crippen molar-refractivity contribution in [3.8, 4) is 0 Å². The van der Waals surface area contributed by atoms with Crippen LogP contribution in [-0.4, -0.2) is 60.4 Å². The minimum absolute atomic E-state index is 0.0130. The van der Waals surface area contributed by atoms with Crippen molar-refractivity contribution < 1.29 is 9.59 Å². The Morgan fingerprint density at radius 3 is 2.57 bits per heavy atom. The quantitative estimate of drug-likeness (QED) is 0.678. The van der Waals surface area contributed by atoms with Crippen LogP contribution in [0.2, 0.25) is 0 Å². The van der Waals surface area contributed by atoms with Gasteiger partial charge in [-0.15, -0.1) is 11.3 Å². The molecule has 1 aromatic heterocycles. The van der Waals surface area contributed by atoms with E-state index in [4.69, 9.17) is 0 Å². The molecular weight excluding hydrogens is 394 g/mol. The normalized spacial score (nSPS) is 15.8. The van der Waals surface area contributed by atoms with Crippen molar-refractivity contribution in [2.75, 3.05) is 33.7 Å². The molecule has 30 heavy (non-hydrogen) atoms. The Morgan fingerprint density at radius 2 is 1.90 bits per heavy atom. The first-order valence-electron chi connectivity index (χ1n) is 10.7. The molecule has 2 heterocycles. The summed E-state index contributed by atoms with van der Waals surface area (Å²) in [5.74, 6) is 0.486. The molecule has 0 N–H and O–H groups in total. The van der Waals surface area contributed by atoms with Crippen molar-refractivity contribution in [2.24, 2.45) is 5.92 Å². The number of urea groups is 1. The van der Waals surface area contributed by atoms with Gasteiger partial charge in [0.2, 0.25) is 5.91 Å². The van der Waals surface area contributed by atoms with Crippen LogP contribution in [0.15, 0.2) is 35.7 Å². The summed E-state index contributed by atoms with van der Waals surface area (Å²) in [6.07, 6.45) is 1.75. The van der Waals surface area contributed by atoms with Gasteiger partial charge >= 0.3 is 6.03 Å².